The van der Waals surface area contributed by atoms with Gasteiger partial charge < -0.3 is 27.6 Å². The van der Waals surface area contributed by atoms with Crippen molar-refractivity contribution in [1.29, 1.82) is 0 Å². The number of allylic oxidation sites excluding steroid dienone is 6. The van der Waals surface area contributed by atoms with Gasteiger partial charge in [-0.2, -0.15) is 0 Å². The molecule has 0 amide bonds. The SMILES string of the molecule is CC(C)(C)c1cccc2c1oc1c(N(c3ccccc3)c3ccc4c(c3)c3cccc5c6c(-c7ccccc7)c7c(c(-c8ccccc8)c6n4c35)c3cccc4c3n7C3=CC=C(N(c5cccc6c5oc5c(C(C)(C)C)cccc56)C5C=CC=CC5)CC34)cccc12. The third-order valence-electron chi connectivity index (χ3n) is 20.5. The van der Waals surface area contributed by atoms with E-state index < -0.39 is 0 Å². The highest BCUT2D eigenvalue weighted by atomic mass is 16.3. The van der Waals surface area contributed by atoms with Crippen molar-refractivity contribution in [2.75, 3.05) is 9.80 Å². The minimum Gasteiger partial charge on any atom is -0.454 e. The van der Waals surface area contributed by atoms with Crippen LogP contribution in [-0.4, -0.2) is 15.0 Å². The second kappa shape index (κ2) is 19.3. The summed E-state index contributed by atoms with van der Waals surface area (Å²) in [5.74, 6) is 0.105. The normalized spacial score (nSPS) is 15.9. The summed E-state index contributed by atoms with van der Waals surface area (Å²) in [6.07, 6.45) is 15.7. The number of rotatable bonds is 8. The molecule has 6 heteroatoms. The first-order valence-electron chi connectivity index (χ1n) is 32.6. The van der Waals surface area contributed by atoms with E-state index in [1.807, 2.05) is 0 Å². The van der Waals surface area contributed by atoms with E-state index in [4.69, 9.17) is 8.83 Å². The molecule has 0 bridgehead atoms. The molecule has 0 N–H and O–H groups in total. The van der Waals surface area contributed by atoms with Crippen molar-refractivity contribution in [3.8, 4) is 22.3 Å². The number of hydrogen-bond acceptors (Lipinski definition) is 4. The Labute approximate surface area is 533 Å². The van der Waals surface area contributed by atoms with Gasteiger partial charge in [0.1, 0.15) is 11.2 Å². The fraction of sp³-hybridized carbons (Fsp3) is 0.140. The highest BCUT2D eigenvalue weighted by Gasteiger charge is 2.40. The van der Waals surface area contributed by atoms with Crippen molar-refractivity contribution in [3.63, 3.8) is 0 Å². The van der Waals surface area contributed by atoms with Gasteiger partial charge in [0.05, 0.1) is 45.0 Å². The molecule has 2 unspecified atom stereocenters. The summed E-state index contributed by atoms with van der Waals surface area (Å²) in [5, 5.41) is 12.0. The number of fused-ring (bicyclic) bond motifs is 18. The molecule has 0 saturated carbocycles. The zero-order valence-electron chi connectivity index (χ0n) is 52.4. The quantitative estimate of drug-likeness (QED) is 0.152. The summed E-state index contributed by atoms with van der Waals surface area (Å²) in [6, 6.07) is 81.2. The van der Waals surface area contributed by atoms with E-state index in [0.717, 1.165) is 79.5 Å². The fourth-order valence-corrected chi connectivity index (χ4v) is 16.6. The molecule has 3 aliphatic rings. The van der Waals surface area contributed by atoms with Crippen LogP contribution in [0.5, 0.6) is 0 Å². The second-order valence-electron chi connectivity index (χ2n) is 27.8. The highest BCUT2D eigenvalue weighted by Crippen LogP contribution is 2.59. The van der Waals surface area contributed by atoms with Crippen molar-refractivity contribution in [2.45, 2.75) is 77.2 Å². The van der Waals surface area contributed by atoms with Gasteiger partial charge in [0, 0.05) is 111 Å². The second-order valence-corrected chi connectivity index (χ2v) is 27.8. The molecule has 5 aromatic heterocycles. The number of benzene rings is 11. The van der Waals surface area contributed by atoms with Crippen molar-refractivity contribution in [3.05, 3.63) is 277 Å². The molecule has 2 atom stereocenters. The Hall–Kier alpha value is -10.8. The number of para-hydroxylation sites is 7. The molecule has 16 aromatic rings. The molecule has 6 heterocycles. The Morgan fingerprint density at radius 3 is 1.62 bits per heavy atom. The molecular weight excluding hydrogens is 1120 g/mol. The topological polar surface area (TPSA) is 42.1 Å². The van der Waals surface area contributed by atoms with Crippen molar-refractivity contribution in [1.82, 2.24) is 8.97 Å². The van der Waals surface area contributed by atoms with Crippen LogP contribution >= 0.6 is 0 Å². The standard InChI is InChI=1S/C86H66N4O2/c1-85(2,3)67-41-21-35-59-61-37-23-43-71(83(61)91-81(59)67)87(53-29-15-9-16-30-53)55-45-47-69-65(49-55)57-33-19-39-63-75-74(52-27-13-8-14-28-52)80-76(73(51-25-11-7-12-26-51)79(75)89(69)77(57)63)64-40-20-34-58-66-50-56(46-48-70(66)90(80)78(58)64)88(54-31-17-10-18-32-54)72-44-24-38-62-60-36-22-42-68(86(4,5)6)82(60)92-84(62)72/h7-31,33-49,54,66H,32,50H2,1-6H3. The average molecular weight is 1190 g/mol. The Kier molecular flexibility index (Phi) is 11.2. The first-order valence-corrected chi connectivity index (χ1v) is 32.6. The van der Waals surface area contributed by atoms with Crippen molar-refractivity contribution >= 4 is 132 Å². The van der Waals surface area contributed by atoms with Gasteiger partial charge in [-0.3, -0.25) is 0 Å². The van der Waals surface area contributed by atoms with Crippen LogP contribution in [0.2, 0.25) is 0 Å². The molecule has 0 spiro atoms. The Balaban J connectivity index is 0.861. The van der Waals surface area contributed by atoms with Gasteiger partial charge in [-0.1, -0.05) is 242 Å². The highest BCUT2D eigenvalue weighted by molar-refractivity contribution is 6.37. The maximum absolute atomic E-state index is 7.17. The lowest BCUT2D eigenvalue weighted by atomic mass is 9.85. The molecule has 0 saturated heterocycles. The van der Waals surface area contributed by atoms with E-state index in [-0.39, 0.29) is 22.8 Å². The van der Waals surface area contributed by atoms with E-state index in [1.54, 1.807) is 0 Å². The Bertz CT molecular complexity index is 5910. The summed E-state index contributed by atoms with van der Waals surface area (Å²) in [5.41, 5.74) is 25.2. The predicted molar refractivity (Wildman–Crippen MR) is 387 cm³/mol. The molecule has 2 aliphatic carbocycles. The van der Waals surface area contributed by atoms with Gasteiger partial charge in [-0.05, 0) is 88.6 Å². The average Bonchev–Trinajstić information content (AvgIpc) is 1.90. The molecule has 442 valence electrons. The Morgan fingerprint density at radius 1 is 0.435 bits per heavy atom. The largest absolute Gasteiger partial charge is 0.454 e. The number of anilines is 4. The van der Waals surface area contributed by atoms with Crippen LogP contribution in [0.15, 0.2) is 269 Å². The molecule has 92 heavy (non-hydrogen) atoms. The molecule has 1 aliphatic heterocycles. The minimum atomic E-state index is -0.101. The fourth-order valence-electron chi connectivity index (χ4n) is 16.6. The molecule has 6 nitrogen and oxygen atoms in total. The van der Waals surface area contributed by atoms with E-state index in [9.17, 15) is 0 Å². The van der Waals surface area contributed by atoms with Crippen molar-refractivity contribution in [2.24, 2.45) is 0 Å². The molecule has 0 radical (unpaired) electrons. The third kappa shape index (κ3) is 7.43. The van der Waals surface area contributed by atoms with Gasteiger partial charge in [-0.15, -0.1) is 0 Å². The zero-order chi connectivity index (χ0) is 61.5. The lowest BCUT2D eigenvalue weighted by Crippen LogP contribution is -2.35. The summed E-state index contributed by atoms with van der Waals surface area (Å²) < 4.78 is 19.6. The number of hydrogen-bond donors (Lipinski definition) is 0. The molecule has 19 rings (SSSR count). The van der Waals surface area contributed by atoms with Gasteiger partial charge in [0.2, 0.25) is 0 Å². The Morgan fingerprint density at radius 2 is 0.978 bits per heavy atom. The summed E-state index contributed by atoms with van der Waals surface area (Å²) in [6.45, 7) is 13.6. The van der Waals surface area contributed by atoms with E-state index in [2.05, 4.69) is 315 Å². The summed E-state index contributed by atoms with van der Waals surface area (Å²) in [4.78, 5) is 4.99. The minimum absolute atomic E-state index is 0.0837. The van der Waals surface area contributed by atoms with Crippen LogP contribution in [0, 0.1) is 0 Å². The monoisotopic (exact) mass is 1190 g/mol. The van der Waals surface area contributed by atoms with Gasteiger partial charge in [-0.25, -0.2) is 0 Å². The maximum atomic E-state index is 7.17. The molecular formula is C86H66N4O2. The van der Waals surface area contributed by atoms with Gasteiger partial charge in [0.15, 0.2) is 11.2 Å². The van der Waals surface area contributed by atoms with Crippen LogP contribution in [-0.2, 0) is 10.8 Å². The summed E-state index contributed by atoms with van der Waals surface area (Å²) >= 11 is 0. The molecule has 11 aromatic carbocycles. The van der Waals surface area contributed by atoms with Crippen molar-refractivity contribution < 1.29 is 8.83 Å². The van der Waals surface area contributed by atoms with E-state index in [1.165, 1.54) is 110 Å². The van der Waals surface area contributed by atoms with Crippen LogP contribution in [0.25, 0.3) is 132 Å². The number of aromatic nitrogens is 2. The third-order valence-corrected chi connectivity index (χ3v) is 20.5. The predicted octanol–water partition coefficient (Wildman–Crippen LogP) is 23.8. The van der Waals surface area contributed by atoms with Crippen LogP contribution in [0.1, 0.15) is 77.0 Å². The van der Waals surface area contributed by atoms with Gasteiger partial charge >= 0.3 is 0 Å². The van der Waals surface area contributed by atoms with E-state index >= 15 is 0 Å². The first kappa shape index (κ1) is 53.1. The van der Waals surface area contributed by atoms with Gasteiger partial charge in [0.25, 0.3) is 0 Å². The molecule has 0 fully saturated rings. The van der Waals surface area contributed by atoms with Crippen LogP contribution in [0.4, 0.5) is 22.7 Å². The lowest BCUT2D eigenvalue weighted by molar-refractivity contribution is 0.572. The maximum Gasteiger partial charge on any atom is 0.159 e. The van der Waals surface area contributed by atoms with E-state index in [0.29, 0.717) is 0 Å². The smallest absolute Gasteiger partial charge is 0.159 e. The lowest BCUT2D eigenvalue weighted by Gasteiger charge is -2.37. The first-order chi connectivity index (χ1) is 45.0. The van der Waals surface area contributed by atoms with Crippen LogP contribution in [0.3, 0.4) is 0 Å². The summed E-state index contributed by atoms with van der Waals surface area (Å²) in [7, 11) is 0. The zero-order valence-corrected chi connectivity index (χ0v) is 52.4. The number of nitrogens with zero attached hydrogens (tertiary/aromatic N) is 4. The van der Waals surface area contributed by atoms with Crippen LogP contribution < -0.4 is 9.80 Å². The number of furan rings is 2.